The molecule has 1 aromatic heterocycles. The molecule has 0 aliphatic rings. The van der Waals surface area contributed by atoms with E-state index < -0.39 is 5.82 Å². The number of oxime groups is 1. The zero-order valence-electron chi connectivity index (χ0n) is 10.8. The molecule has 0 atom stereocenters. The first-order chi connectivity index (χ1) is 9.70. The van der Waals surface area contributed by atoms with Crippen LogP contribution >= 0.6 is 0 Å². The van der Waals surface area contributed by atoms with Gasteiger partial charge in [-0.3, -0.25) is 0 Å². The van der Waals surface area contributed by atoms with Crippen molar-refractivity contribution in [2.75, 3.05) is 11.4 Å². The molecule has 0 radical (unpaired) electrons. The predicted molar refractivity (Wildman–Crippen MR) is 75.7 cm³/mol. The van der Waals surface area contributed by atoms with E-state index in [0.717, 1.165) is 11.9 Å². The van der Waals surface area contributed by atoms with Gasteiger partial charge in [0.15, 0.2) is 0 Å². The first kappa shape index (κ1) is 13.8. The molecule has 0 saturated heterocycles. The highest BCUT2D eigenvalue weighted by Gasteiger charge is 2.11. The third-order valence-corrected chi connectivity index (χ3v) is 2.78. The molecule has 1 heterocycles. The van der Waals surface area contributed by atoms with Crippen molar-refractivity contribution >= 4 is 17.3 Å². The Balaban J connectivity index is 2.26. The maximum absolute atomic E-state index is 13.0. The molecule has 0 amide bonds. The summed E-state index contributed by atoms with van der Waals surface area (Å²) in [4.78, 5) is 5.94. The average molecular weight is 274 g/mol. The smallest absolute Gasteiger partial charge is 0.141 e. The second kappa shape index (κ2) is 6.51. The Hall–Kier alpha value is -2.63. The fraction of sp³-hybridized carbons (Fsp3) is 0.143. The number of benzene rings is 1. The number of rotatable bonds is 5. The van der Waals surface area contributed by atoms with Crippen molar-refractivity contribution in [1.82, 2.24) is 4.98 Å². The van der Waals surface area contributed by atoms with E-state index in [9.17, 15) is 4.39 Å². The summed E-state index contributed by atoms with van der Waals surface area (Å²) < 4.78 is 13.0. The molecule has 0 saturated carbocycles. The van der Waals surface area contributed by atoms with Crippen molar-refractivity contribution in [3.05, 3.63) is 54.5 Å². The Kier molecular flexibility index (Phi) is 4.49. The number of hydrogen-bond acceptors (Lipinski definition) is 4. The highest BCUT2D eigenvalue weighted by Crippen LogP contribution is 2.23. The van der Waals surface area contributed by atoms with E-state index in [0.29, 0.717) is 18.8 Å². The van der Waals surface area contributed by atoms with Gasteiger partial charge in [-0.25, -0.2) is 9.37 Å². The largest absolute Gasteiger partial charge is 0.409 e. The van der Waals surface area contributed by atoms with Crippen molar-refractivity contribution in [3.63, 3.8) is 0 Å². The molecule has 3 N–H and O–H groups in total. The first-order valence-corrected chi connectivity index (χ1v) is 6.11. The lowest BCUT2D eigenvalue weighted by atomic mass is 10.2. The normalized spacial score (nSPS) is 11.3. The molecular formula is C14H15FN4O. The number of para-hydroxylation sites is 1. The lowest BCUT2D eigenvalue weighted by Crippen LogP contribution is -2.24. The van der Waals surface area contributed by atoms with Crippen molar-refractivity contribution < 1.29 is 9.60 Å². The maximum Gasteiger partial charge on any atom is 0.141 e. The average Bonchev–Trinajstić information content (AvgIpc) is 2.50. The second-order valence-electron chi connectivity index (χ2n) is 4.16. The van der Waals surface area contributed by atoms with Gasteiger partial charge in [-0.2, -0.15) is 0 Å². The van der Waals surface area contributed by atoms with Crippen molar-refractivity contribution in [1.29, 1.82) is 0 Å². The van der Waals surface area contributed by atoms with Crippen LogP contribution in [0.1, 0.15) is 6.42 Å². The Morgan fingerprint density at radius 1 is 1.25 bits per heavy atom. The summed E-state index contributed by atoms with van der Waals surface area (Å²) in [7, 11) is 0. The second-order valence-corrected chi connectivity index (χ2v) is 4.16. The van der Waals surface area contributed by atoms with Crippen LogP contribution in [-0.2, 0) is 0 Å². The van der Waals surface area contributed by atoms with E-state index in [1.54, 1.807) is 6.07 Å². The molecule has 5 nitrogen and oxygen atoms in total. The van der Waals surface area contributed by atoms with E-state index in [1.165, 1.54) is 6.07 Å². The quantitative estimate of drug-likeness (QED) is 0.380. The summed E-state index contributed by atoms with van der Waals surface area (Å²) in [5.41, 5.74) is 6.39. The summed E-state index contributed by atoms with van der Waals surface area (Å²) in [5.74, 6) is 0.342. The van der Waals surface area contributed by atoms with E-state index in [-0.39, 0.29) is 5.84 Å². The van der Waals surface area contributed by atoms with Gasteiger partial charge in [0.25, 0.3) is 0 Å². The highest BCUT2D eigenvalue weighted by atomic mass is 19.1. The number of amidine groups is 1. The summed E-state index contributed by atoms with van der Waals surface area (Å²) in [6.45, 7) is 0.471. The number of pyridine rings is 1. The van der Waals surface area contributed by atoms with Crippen LogP contribution in [0, 0.1) is 5.82 Å². The van der Waals surface area contributed by atoms with Crippen LogP contribution in [-0.4, -0.2) is 22.6 Å². The van der Waals surface area contributed by atoms with Gasteiger partial charge in [0.1, 0.15) is 17.5 Å². The predicted octanol–water partition coefficient (Wildman–Crippen LogP) is 2.50. The molecule has 0 fully saturated rings. The SMILES string of the molecule is NC(CCN(c1ccccc1)c1ccc(F)cn1)=NO. The minimum atomic E-state index is -0.391. The number of nitrogens with two attached hydrogens (primary N) is 1. The number of halogens is 1. The van der Waals surface area contributed by atoms with Crippen LogP contribution in [0.4, 0.5) is 15.9 Å². The van der Waals surface area contributed by atoms with Gasteiger partial charge in [0, 0.05) is 18.7 Å². The van der Waals surface area contributed by atoms with Crippen LogP contribution in [0.2, 0.25) is 0 Å². The van der Waals surface area contributed by atoms with E-state index in [2.05, 4.69) is 10.1 Å². The van der Waals surface area contributed by atoms with Crippen molar-refractivity contribution in [3.8, 4) is 0 Å². The zero-order valence-corrected chi connectivity index (χ0v) is 10.8. The highest BCUT2D eigenvalue weighted by molar-refractivity contribution is 5.80. The Bertz CT molecular complexity index is 571. The Morgan fingerprint density at radius 2 is 2.00 bits per heavy atom. The van der Waals surface area contributed by atoms with E-state index in [4.69, 9.17) is 10.9 Å². The molecular weight excluding hydrogens is 259 g/mol. The number of hydrogen-bond donors (Lipinski definition) is 2. The monoisotopic (exact) mass is 274 g/mol. The Labute approximate surface area is 116 Å². The van der Waals surface area contributed by atoms with E-state index in [1.807, 2.05) is 35.2 Å². The van der Waals surface area contributed by atoms with Gasteiger partial charge >= 0.3 is 0 Å². The molecule has 0 aliphatic heterocycles. The number of nitrogens with zero attached hydrogens (tertiary/aromatic N) is 3. The van der Waals surface area contributed by atoms with Gasteiger partial charge in [0.2, 0.25) is 0 Å². The molecule has 0 aliphatic carbocycles. The molecule has 20 heavy (non-hydrogen) atoms. The third-order valence-electron chi connectivity index (χ3n) is 2.78. The van der Waals surface area contributed by atoms with Crippen LogP contribution < -0.4 is 10.6 Å². The lowest BCUT2D eigenvalue weighted by Gasteiger charge is -2.23. The third kappa shape index (κ3) is 3.44. The molecule has 0 spiro atoms. The fourth-order valence-electron chi connectivity index (χ4n) is 1.79. The molecule has 1 aromatic carbocycles. The molecule has 104 valence electrons. The zero-order chi connectivity index (χ0) is 14.4. The molecule has 2 rings (SSSR count). The summed E-state index contributed by atoms with van der Waals surface area (Å²) in [6.07, 6.45) is 1.53. The van der Waals surface area contributed by atoms with Crippen LogP contribution in [0.25, 0.3) is 0 Å². The van der Waals surface area contributed by atoms with Gasteiger partial charge in [-0.15, -0.1) is 0 Å². The molecule has 0 bridgehead atoms. The summed E-state index contributed by atoms with van der Waals surface area (Å²) in [6, 6.07) is 12.5. The van der Waals surface area contributed by atoms with Crippen molar-refractivity contribution in [2.24, 2.45) is 10.9 Å². The van der Waals surface area contributed by atoms with Gasteiger partial charge in [-0.05, 0) is 24.3 Å². The fourth-order valence-corrected chi connectivity index (χ4v) is 1.79. The first-order valence-electron chi connectivity index (χ1n) is 6.11. The summed E-state index contributed by atoms with van der Waals surface area (Å²) in [5, 5.41) is 11.6. The molecule has 2 aromatic rings. The van der Waals surface area contributed by atoms with Gasteiger partial charge < -0.3 is 15.8 Å². The van der Waals surface area contributed by atoms with Crippen LogP contribution in [0.3, 0.4) is 0 Å². The van der Waals surface area contributed by atoms with Crippen molar-refractivity contribution in [2.45, 2.75) is 6.42 Å². The summed E-state index contributed by atoms with van der Waals surface area (Å²) >= 11 is 0. The molecule has 0 unspecified atom stereocenters. The van der Waals surface area contributed by atoms with Crippen LogP contribution in [0.5, 0.6) is 0 Å². The topological polar surface area (TPSA) is 74.7 Å². The standard InChI is InChI=1S/C14H15FN4O/c15-11-6-7-14(17-10-11)19(9-8-13(16)18-20)12-4-2-1-3-5-12/h1-7,10,20H,8-9H2,(H2,16,18). The molecule has 6 heteroatoms. The van der Waals surface area contributed by atoms with Gasteiger partial charge in [0.05, 0.1) is 6.20 Å². The Morgan fingerprint density at radius 3 is 2.60 bits per heavy atom. The minimum Gasteiger partial charge on any atom is -0.409 e. The van der Waals surface area contributed by atoms with Gasteiger partial charge in [-0.1, -0.05) is 23.4 Å². The number of aromatic nitrogens is 1. The van der Waals surface area contributed by atoms with E-state index >= 15 is 0 Å². The number of anilines is 2. The van der Waals surface area contributed by atoms with Crippen LogP contribution in [0.15, 0.2) is 53.8 Å². The minimum absolute atomic E-state index is 0.132. The lowest BCUT2D eigenvalue weighted by molar-refractivity contribution is 0.317. The maximum atomic E-state index is 13.0.